The maximum atomic E-state index is 11.9. The third-order valence-corrected chi connectivity index (χ3v) is 6.99. The van der Waals surface area contributed by atoms with Crippen LogP contribution < -0.4 is 0 Å². The van der Waals surface area contributed by atoms with E-state index >= 15 is 0 Å². The number of halogens is 2. The number of thioether (sulfide) groups is 1. The molecule has 0 spiro atoms. The second kappa shape index (κ2) is 7.45. The summed E-state index contributed by atoms with van der Waals surface area (Å²) >= 11 is 10.8. The predicted molar refractivity (Wildman–Crippen MR) is 120 cm³/mol. The zero-order valence-electron chi connectivity index (χ0n) is 16.1. The van der Waals surface area contributed by atoms with E-state index in [0.29, 0.717) is 15.1 Å². The molecule has 0 unspecified atom stereocenters. The molecule has 0 saturated carbocycles. The number of aliphatic imine (C=N–C) groups is 1. The minimum atomic E-state index is -0.925. The number of aliphatic carboxylic acids is 1. The van der Waals surface area contributed by atoms with Crippen molar-refractivity contribution in [2.75, 3.05) is 0 Å². The van der Waals surface area contributed by atoms with Gasteiger partial charge in [-0.25, -0.2) is 9.79 Å². The second-order valence-electron chi connectivity index (χ2n) is 7.50. The Kier molecular flexibility index (Phi) is 5.25. The van der Waals surface area contributed by atoms with Crippen LogP contribution >= 0.6 is 39.3 Å². The zero-order chi connectivity index (χ0) is 20.9. The molecule has 1 aromatic carbocycles. The molecule has 3 heterocycles. The van der Waals surface area contributed by atoms with Crippen LogP contribution in [0.4, 0.5) is 0 Å². The number of carboxylic acids is 1. The third kappa shape index (κ3) is 3.39. The third-order valence-electron chi connectivity index (χ3n) is 5.21. The number of benzene rings is 1. The van der Waals surface area contributed by atoms with E-state index in [-0.39, 0.29) is 12.0 Å². The molecule has 150 valence electrons. The topological polar surface area (TPSA) is 65.8 Å². The van der Waals surface area contributed by atoms with Crippen LogP contribution in [-0.4, -0.2) is 26.1 Å². The second-order valence-corrected chi connectivity index (χ2v) is 9.83. The van der Waals surface area contributed by atoms with Gasteiger partial charge in [-0.05, 0) is 70.4 Å². The largest absolute Gasteiger partial charge is 0.477 e. The number of amidine groups is 1. The standard InChI is InChI=1S/C21H19BrClN3O2S/c1-11(2)16-17(19(27)28)29-20-25-21(3,12-4-7-14(23)8-5-12)18(26(16)20)15-9-6-13(22)10-24-15/h4-11,18H,1-3H3,(H,27,28)/t18-,21-/m0/s1. The SMILES string of the molecule is CC(C)C1=C(C(=O)O)SC2=N[C@@](C)(c3ccc(Cl)cc3)[C@H](c3ccc(Br)cn3)N21. The van der Waals surface area contributed by atoms with E-state index < -0.39 is 11.5 Å². The average molecular weight is 493 g/mol. The first-order chi connectivity index (χ1) is 13.7. The van der Waals surface area contributed by atoms with Crippen LogP contribution in [0.5, 0.6) is 0 Å². The van der Waals surface area contributed by atoms with Crippen molar-refractivity contribution in [3.8, 4) is 0 Å². The lowest BCUT2D eigenvalue weighted by molar-refractivity contribution is -0.131. The molecule has 1 aromatic heterocycles. The molecular formula is C21H19BrClN3O2S. The number of allylic oxidation sites excluding steroid dienone is 1. The van der Waals surface area contributed by atoms with E-state index in [1.54, 1.807) is 6.20 Å². The fourth-order valence-corrected chi connectivity index (χ4v) is 5.52. The molecule has 4 rings (SSSR count). The fraction of sp³-hybridized carbons (Fsp3) is 0.286. The van der Waals surface area contributed by atoms with E-state index in [9.17, 15) is 9.90 Å². The molecule has 0 aliphatic carbocycles. The normalized spacial score (nSPS) is 23.6. The molecule has 0 radical (unpaired) electrons. The van der Waals surface area contributed by atoms with E-state index in [4.69, 9.17) is 16.6 Å². The van der Waals surface area contributed by atoms with Crippen LogP contribution in [0.25, 0.3) is 0 Å². The number of rotatable bonds is 4. The van der Waals surface area contributed by atoms with Gasteiger partial charge in [0.25, 0.3) is 0 Å². The number of nitrogens with zero attached hydrogens (tertiary/aromatic N) is 3. The highest BCUT2D eigenvalue weighted by atomic mass is 79.9. The summed E-state index contributed by atoms with van der Waals surface area (Å²) in [6.07, 6.45) is 1.76. The Hall–Kier alpha value is -1.83. The summed E-state index contributed by atoms with van der Waals surface area (Å²) in [6.45, 7) is 6.08. The lowest BCUT2D eigenvalue weighted by Gasteiger charge is -2.36. The van der Waals surface area contributed by atoms with Gasteiger partial charge >= 0.3 is 5.97 Å². The van der Waals surface area contributed by atoms with E-state index in [1.807, 2.05) is 50.2 Å². The maximum Gasteiger partial charge on any atom is 0.344 e. The maximum absolute atomic E-state index is 11.9. The van der Waals surface area contributed by atoms with Gasteiger partial charge < -0.3 is 10.0 Å². The van der Waals surface area contributed by atoms with Gasteiger partial charge in [-0.15, -0.1) is 0 Å². The predicted octanol–water partition coefficient (Wildman–Crippen LogP) is 5.82. The van der Waals surface area contributed by atoms with Crippen LogP contribution in [0.15, 0.2) is 62.7 Å². The van der Waals surface area contributed by atoms with Crippen molar-refractivity contribution in [3.63, 3.8) is 0 Å². The quantitative estimate of drug-likeness (QED) is 0.582. The van der Waals surface area contributed by atoms with Crippen molar-refractivity contribution in [2.45, 2.75) is 32.4 Å². The number of pyridine rings is 1. The number of hydrogen-bond donors (Lipinski definition) is 1. The van der Waals surface area contributed by atoms with Gasteiger partial charge in [-0.2, -0.15) is 0 Å². The summed E-state index contributed by atoms with van der Waals surface area (Å²) < 4.78 is 0.884. The van der Waals surface area contributed by atoms with E-state index in [0.717, 1.165) is 21.4 Å². The minimum Gasteiger partial charge on any atom is -0.477 e. The van der Waals surface area contributed by atoms with Gasteiger partial charge in [-0.3, -0.25) is 4.98 Å². The van der Waals surface area contributed by atoms with Gasteiger partial charge in [0.05, 0.1) is 5.69 Å². The molecule has 2 aliphatic rings. The van der Waals surface area contributed by atoms with Crippen LogP contribution in [0, 0.1) is 5.92 Å². The van der Waals surface area contributed by atoms with Gasteiger partial charge in [0.2, 0.25) is 0 Å². The van der Waals surface area contributed by atoms with Gasteiger partial charge in [0, 0.05) is 21.4 Å². The molecule has 0 saturated heterocycles. The Morgan fingerprint density at radius 3 is 2.52 bits per heavy atom. The monoisotopic (exact) mass is 491 g/mol. The van der Waals surface area contributed by atoms with Crippen molar-refractivity contribution < 1.29 is 9.90 Å². The van der Waals surface area contributed by atoms with Gasteiger partial charge in [-0.1, -0.05) is 37.6 Å². The first kappa shape index (κ1) is 20.4. The van der Waals surface area contributed by atoms with Crippen molar-refractivity contribution in [1.29, 1.82) is 0 Å². The molecule has 29 heavy (non-hydrogen) atoms. The fourth-order valence-electron chi connectivity index (χ4n) is 3.92. The van der Waals surface area contributed by atoms with Crippen molar-refractivity contribution in [2.24, 2.45) is 10.9 Å². The summed E-state index contributed by atoms with van der Waals surface area (Å²) in [6, 6.07) is 11.3. The van der Waals surface area contributed by atoms with Gasteiger partial charge in [0.1, 0.15) is 16.5 Å². The summed E-state index contributed by atoms with van der Waals surface area (Å²) in [5.74, 6) is -0.904. The molecule has 2 atom stereocenters. The van der Waals surface area contributed by atoms with Crippen molar-refractivity contribution in [3.05, 3.63) is 73.9 Å². The Labute approximate surface area is 187 Å². The summed E-state index contributed by atoms with van der Waals surface area (Å²) in [7, 11) is 0. The van der Waals surface area contributed by atoms with Crippen molar-refractivity contribution in [1.82, 2.24) is 9.88 Å². The lowest BCUT2D eigenvalue weighted by Crippen LogP contribution is -2.36. The molecule has 0 fully saturated rings. The summed E-state index contributed by atoms with van der Waals surface area (Å²) in [4.78, 5) is 24.0. The molecule has 8 heteroatoms. The Bertz CT molecular complexity index is 1040. The summed E-state index contributed by atoms with van der Waals surface area (Å²) in [5, 5.41) is 11.1. The van der Waals surface area contributed by atoms with Gasteiger partial charge in [0.15, 0.2) is 5.17 Å². The first-order valence-corrected chi connectivity index (χ1v) is 11.1. The molecule has 0 amide bonds. The molecule has 2 aliphatic heterocycles. The minimum absolute atomic E-state index is 0.0202. The zero-order valence-corrected chi connectivity index (χ0v) is 19.2. The van der Waals surface area contributed by atoms with Crippen molar-refractivity contribution >= 4 is 50.4 Å². The number of hydrogen-bond acceptors (Lipinski definition) is 5. The summed E-state index contributed by atoms with van der Waals surface area (Å²) in [5.41, 5.74) is 1.96. The van der Waals surface area contributed by atoms with Crippen LogP contribution in [0.3, 0.4) is 0 Å². The Morgan fingerprint density at radius 2 is 1.97 bits per heavy atom. The molecule has 0 bridgehead atoms. The Balaban J connectivity index is 1.92. The van der Waals surface area contributed by atoms with Crippen LogP contribution in [0.2, 0.25) is 5.02 Å². The van der Waals surface area contributed by atoms with Crippen LogP contribution in [0.1, 0.15) is 38.1 Å². The van der Waals surface area contributed by atoms with E-state index in [2.05, 4.69) is 32.7 Å². The highest BCUT2D eigenvalue weighted by Crippen LogP contribution is 2.55. The Morgan fingerprint density at radius 1 is 1.28 bits per heavy atom. The number of carbonyl (C=O) groups is 1. The smallest absolute Gasteiger partial charge is 0.344 e. The number of carboxylic acid groups (broad SMARTS) is 1. The van der Waals surface area contributed by atoms with Crippen LogP contribution in [-0.2, 0) is 10.3 Å². The first-order valence-electron chi connectivity index (χ1n) is 9.14. The van der Waals surface area contributed by atoms with E-state index in [1.165, 1.54) is 11.8 Å². The average Bonchev–Trinajstić information content (AvgIpc) is 3.16. The number of aromatic nitrogens is 1. The molecule has 1 N–H and O–H groups in total. The highest BCUT2D eigenvalue weighted by molar-refractivity contribution is 9.10. The molecule has 5 nitrogen and oxygen atoms in total. The molecular weight excluding hydrogens is 474 g/mol. The number of fused-ring (bicyclic) bond motifs is 1. The molecule has 2 aromatic rings. The lowest BCUT2D eigenvalue weighted by atomic mass is 9.83. The highest BCUT2D eigenvalue weighted by Gasteiger charge is 2.53.